The molecule has 34 heavy (non-hydrogen) atoms. The van der Waals surface area contributed by atoms with Crippen molar-refractivity contribution in [2.24, 2.45) is 0 Å². The highest BCUT2D eigenvalue weighted by Gasteiger charge is 2.30. The molecule has 3 aromatic heterocycles. The van der Waals surface area contributed by atoms with Gasteiger partial charge >= 0.3 is 0 Å². The molecule has 2 atom stereocenters. The van der Waals surface area contributed by atoms with E-state index in [1.54, 1.807) is 25.6 Å². The first-order valence-corrected chi connectivity index (χ1v) is 12.5. The number of fused-ring (bicyclic) bond motifs is 1. The van der Waals surface area contributed by atoms with Crippen LogP contribution in [-0.2, 0) is 11.0 Å². The van der Waals surface area contributed by atoms with E-state index in [1.165, 1.54) is 0 Å². The maximum Gasteiger partial charge on any atom is 0.241 e. The molecule has 0 radical (unpaired) electrons. The van der Waals surface area contributed by atoms with Crippen molar-refractivity contribution < 1.29 is 13.7 Å². The third kappa shape index (κ3) is 5.62. The van der Waals surface area contributed by atoms with E-state index in [-0.39, 0.29) is 10.8 Å². The normalized spacial score (nSPS) is 13.6. The van der Waals surface area contributed by atoms with Crippen LogP contribution in [0.3, 0.4) is 0 Å². The van der Waals surface area contributed by atoms with Crippen LogP contribution in [0, 0.1) is 0 Å². The van der Waals surface area contributed by atoms with Crippen LogP contribution in [0.1, 0.15) is 52.8 Å². The predicted molar refractivity (Wildman–Crippen MR) is 138 cm³/mol. The van der Waals surface area contributed by atoms with Crippen LogP contribution >= 0.6 is 0 Å². The highest BCUT2D eigenvalue weighted by atomic mass is 32.2. The molecule has 182 valence electrons. The van der Waals surface area contributed by atoms with Crippen molar-refractivity contribution in [1.82, 2.24) is 19.3 Å². The third-order valence-corrected chi connectivity index (χ3v) is 7.46. The van der Waals surface area contributed by atoms with Crippen molar-refractivity contribution >= 4 is 21.9 Å². The van der Waals surface area contributed by atoms with Crippen molar-refractivity contribution in [2.75, 3.05) is 20.3 Å². The third-order valence-electron chi connectivity index (χ3n) is 5.41. The van der Waals surface area contributed by atoms with Gasteiger partial charge in [-0.15, -0.1) is 6.58 Å². The van der Waals surface area contributed by atoms with E-state index in [1.807, 2.05) is 63.2 Å². The lowest BCUT2D eigenvalue weighted by Crippen LogP contribution is -2.39. The van der Waals surface area contributed by atoms with Gasteiger partial charge in [-0.05, 0) is 52.3 Å². The van der Waals surface area contributed by atoms with E-state index < -0.39 is 11.0 Å². The number of nitrogens with zero attached hydrogens (tertiary/aromatic N) is 4. The Bertz CT molecular complexity index is 1180. The van der Waals surface area contributed by atoms with E-state index >= 15 is 0 Å². The zero-order valence-electron chi connectivity index (χ0n) is 20.9. The van der Waals surface area contributed by atoms with E-state index in [4.69, 9.17) is 14.5 Å². The summed E-state index contributed by atoms with van der Waals surface area (Å²) in [4.78, 5) is 13.9. The molecule has 0 aliphatic carbocycles. The van der Waals surface area contributed by atoms with Gasteiger partial charge in [0.2, 0.25) is 5.88 Å². The van der Waals surface area contributed by atoms with Crippen LogP contribution < -0.4 is 9.47 Å². The Labute approximate surface area is 204 Å². The Morgan fingerprint density at radius 2 is 2.03 bits per heavy atom. The van der Waals surface area contributed by atoms with Crippen LogP contribution in [0.4, 0.5) is 0 Å². The number of methoxy groups -OCH3 is 1. The fraction of sp³-hybridized carbons (Fsp3) is 0.423. The van der Waals surface area contributed by atoms with Gasteiger partial charge in [-0.25, -0.2) is 13.5 Å². The van der Waals surface area contributed by atoms with E-state index in [2.05, 4.69) is 16.5 Å². The quantitative estimate of drug-likeness (QED) is 0.280. The molecule has 0 spiro atoms. The number of aromatic nitrogens is 3. The highest BCUT2D eigenvalue weighted by molar-refractivity contribution is 7.84. The molecule has 3 aromatic rings. The Kier molecular flexibility index (Phi) is 8.38. The summed E-state index contributed by atoms with van der Waals surface area (Å²) < 4.78 is 26.3. The summed E-state index contributed by atoms with van der Waals surface area (Å²) in [7, 11) is 0.431. The number of hydrogen-bond acceptors (Lipinski definition) is 6. The summed E-state index contributed by atoms with van der Waals surface area (Å²) >= 11 is 0. The molecule has 1 unspecified atom stereocenters. The lowest BCUT2D eigenvalue weighted by Gasteiger charge is -2.32. The molecule has 0 amide bonds. The molecule has 3 heterocycles. The number of pyridine rings is 3. The number of hydrogen-bond donors (Lipinski definition) is 0. The highest BCUT2D eigenvalue weighted by Crippen LogP contribution is 2.35. The maximum atomic E-state index is 13.1. The second-order valence-corrected chi connectivity index (χ2v) is 11.1. The summed E-state index contributed by atoms with van der Waals surface area (Å²) in [6.45, 7) is 14.8. The second kappa shape index (κ2) is 11.1. The van der Waals surface area contributed by atoms with Gasteiger partial charge in [0, 0.05) is 23.7 Å². The van der Waals surface area contributed by atoms with Gasteiger partial charge in [-0.3, -0.25) is 9.97 Å². The number of rotatable bonds is 10. The minimum absolute atomic E-state index is 0.167. The van der Waals surface area contributed by atoms with Gasteiger partial charge < -0.3 is 9.47 Å². The topological polar surface area (TPSA) is 77.4 Å². The first-order valence-electron chi connectivity index (χ1n) is 11.4. The fourth-order valence-corrected chi connectivity index (χ4v) is 4.95. The SMILES string of the molecule is C=CCCOc1nc(-c2cc([C@@H](C)N(CC)S(=O)C(C)(C)C)ncc2OC)cc2cccnc12. The van der Waals surface area contributed by atoms with Crippen LogP contribution in [0.15, 0.2) is 49.3 Å². The Morgan fingerprint density at radius 1 is 1.26 bits per heavy atom. The van der Waals surface area contributed by atoms with Crippen LogP contribution in [0.2, 0.25) is 0 Å². The van der Waals surface area contributed by atoms with Gasteiger partial charge in [-0.2, -0.15) is 0 Å². The molecule has 0 saturated carbocycles. The molecule has 0 saturated heterocycles. The lowest BCUT2D eigenvalue weighted by molar-refractivity contribution is 0.316. The fourth-order valence-electron chi connectivity index (χ4n) is 3.62. The first-order chi connectivity index (χ1) is 16.2. The van der Waals surface area contributed by atoms with Crippen molar-refractivity contribution in [2.45, 2.75) is 51.8 Å². The van der Waals surface area contributed by atoms with E-state index in [0.29, 0.717) is 42.4 Å². The molecule has 0 fully saturated rings. The average molecular weight is 483 g/mol. The van der Waals surface area contributed by atoms with Gasteiger partial charge in [0.15, 0.2) is 0 Å². The summed E-state index contributed by atoms with van der Waals surface area (Å²) in [6.07, 6.45) is 5.94. The summed E-state index contributed by atoms with van der Waals surface area (Å²) in [5.74, 6) is 1.07. The van der Waals surface area contributed by atoms with E-state index in [9.17, 15) is 4.21 Å². The van der Waals surface area contributed by atoms with Gasteiger partial charge in [-0.1, -0.05) is 19.1 Å². The van der Waals surface area contributed by atoms with Crippen molar-refractivity contribution in [3.63, 3.8) is 0 Å². The predicted octanol–water partition coefficient (Wildman–Crippen LogP) is 5.50. The molecule has 0 aliphatic heterocycles. The van der Waals surface area contributed by atoms with Crippen LogP contribution in [0.25, 0.3) is 22.2 Å². The molecule has 8 heteroatoms. The zero-order valence-corrected chi connectivity index (χ0v) is 21.7. The Morgan fingerprint density at radius 3 is 2.68 bits per heavy atom. The van der Waals surface area contributed by atoms with Crippen LogP contribution in [0.5, 0.6) is 11.6 Å². The summed E-state index contributed by atoms with van der Waals surface area (Å²) in [5.41, 5.74) is 2.98. The van der Waals surface area contributed by atoms with Crippen molar-refractivity contribution in [3.8, 4) is 22.9 Å². The average Bonchev–Trinajstić information content (AvgIpc) is 2.83. The Balaban J connectivity index is 2.10. The zero-order chi connectivity index (χ0) is 24.9. The Hall–Kier alpha value is -2.84. The minimum atomic E-state index is -1.18. The summed E-state index contributed by atoms with van der Waals surface area (Å²) in [5, 5.41) is 0.915. The van der Waals surface area contributed by atoms with Crippen molar-refractivity contribution in [3.05, 3.63) is 55.0 Å². The molecular formula is C26H34N4O3S. The standard InChI is InChI=1S/C26H34N4O3S/c1-8-10-14-33-25-24-19(12-11-13-27-24)15-22(29-25)20-16-21(28-17-23(20)32-7)18(3)30(9-2)34(31)26(4,5)6/h8,11-13,15-18H,1,9-10,14H2,2-7H3/t18-,34?/m1/s1. The van der Waals surface area contributed by atoms with Crippen molar-refractivity contribution in [1.29, 1.82) is 0 Å². The smallest absolute Gasteiger partial charge is 0.241 e. The second-order valence-electron chi connectivity index (χ2n) is 8.89. The van der Waals surface area contributed by atoms with Gasteiger partial charge in [0.25, 0.3) is 0 Å². The molecule has 0 bridgehead atoms. The molecule has 0 aliphatic rings. The number of ether oxygens (including phenoxy) is 2. The monoisotopic (exact) mass is 482 g/mol. The van der Waals surface area contributed by atoms with Gasteiger partial charge in [0.05, 0.1) is 42.1 Å². The maximum absolute atomic E-state index is 13.1. The first kappa shape index (κ1) is 25.8. The molecular weight excluding hydrogens is 448 g/mol. The summed E-state index contributed by atoms with van der Waals surface area (Å²) in [6, 6.07) is 7.64. The van der Waals surface area contributed by atoms with E-state index in [0.717, 1.165) is 16.6 Å². The minimum Gasteiger partial charge on any atom is -0.494 e. The molecule has 0 aromatic carbocycles. The molecule has 3 rings (SSSR count). The largest absolute Gasteiger partial charge is 0.494 e. The van der Waals surface area contributed by atoms with Gasteiger partial charge in [0.1, 0.15) is 22.3 Å². The molecule has 0 N–H and O–H groups in total. The van der Waals surface area contributed by atoms with Crippen LogP contribution in [-0.4, -0.2) is 48.5 Å². The molecule has 7 nitrogen and oxygen atoms in total. The lowest BCUT2D eigenvalue weighted by atomic mass is 10.1.